The zero-order valence-corrected chi connectivity index (χ0v) is 17.9. The molecule has 0 amide bonds. The van der Waals surface area contributed by atoms with Crippen molar-refractivity contribution in [3.05, 3.63) is 124 Å². The Balaban J connectivity index is 1.80. The molecule has 0 aliphatic heterocycles. The van der Waals surface area contributed by atoms with Crippen molar-refractivity contribution >= 4 is 5.78 Å². The summed E-state index contributed by atoms with van der Waals surface area (Å²) in [6.45, 7) is 0. The van der Waals surface area contributed by atoms with Crippen LogP contribution in [-0.4, -0.2) is 22.9 Å². The average molecular weight is 442 g/mol. The van der Waals surface area contributed by atoms with Crippen molar-refractivity contribution in [2.24, 2.45) is 0 Å². The van der Waals surface area contributed by atoms with E-state index < -0.39 is 17.3 Å². The van der Waals surface area contributed by atoms with E-state index >= 15 is 0 Å². The molecule has 0 fully saturated rings. The fourth-order valence-electron chi connectivity index (χ4n) is 4.89. The quantitative estimate of drug-likeness (QED) is 0.405. The molecule has 0 atom stereocenters. The Morgan fingerprint density at radius 3 is 2.00 bits per heavy atom. The molecule has 4 aromatic rings. The van der Waals surface area contributed by atoms with Gasteiger partial charge in [0.05, 0.1) is 7.11 Å². The van der Waals surface area contributed by atoms with Gasteiger partial charge in [0, 0.05) is 28.9 Å². The Kier molecular flexibility index (Phi) is 5.21. The molecule has 33 heavy (non-hydrogen) atoms. The molecule has 0 saturated carbocycles. The third-order valence-corrected chi connectivity index (χ3v) is 6.27. The molecule has 6 heteroatoms. The summed E-state index contributed by atoms with van der Waals surface area (Å²) in [5, 5.41) is 0. The van der Waals surface area contributed by atoms with Crippen molar-refractivity contribution in [2.75, 3.05) is 7.11 Å². The lowest BCUT2D eigenvalue weighted by Gasteiger charge is -2.41. The van der Waals surface area contributed by atoms with Gasteiger partial charge in [-0.2, -0.15) is 8.78 Å². The van der Waals surface area contributed by atoms with Crippen LogP contribution in [0.25, 0.3) is 0 Å². The molecule has 164 valence electrons. The summed E-state index contributed by atoms with van der Waals surface area (Å²) in [6, 6.07) is 19.2. The number of fused-ring (bicyclic) bond motifs is 2. The molecule has 0 saturated heterocycles. The number of carbonyl (C=O) groups is 1. The maximum absolute atomic E-state index is 14.0. The fraction of sp³-hybridized carbons (Fsp3) is 0.148. The molecule has 5 rings (SSSR count). The minimum atomic E-state index is -0.756. The lowest BCUT2D eigenvalue weighted by atomic mass is 9.61. The predicted molar refractivity (Wildman–Crippen MR) is 119 cm³/mol. The van der Waals surface area contributed by atoms with Crippen LogP contribution < -0.4 is 4.74 Å². The highest BCUT2D eigenvalue weighted by molar-refractivity contribution is 6.13. The summed E-state index contributed by atoms with van der Waals surface area (Å²) in [5.41, 5.74) is 3.40. The normalized spacial score (nSPS) is 13.8. The predicted octanol–water partition coefficient (Wildman–Crippen LogP) is 5.08. The first kappa shape index (κ1) is 20.9. The molecule has 0 radical (unpaired) electrons. The van der Waals surface area contributed by atoms with Gasteiger partial charge in [0.1, 0.15) is 5.75 Å². The summed E-state index contributed by atoms with van der Waals surface area (Å²) in [6.07, 6.45) is 3.64. The highest BCUT2D eigenvalue weighted by atomic mass is 19.1. The van der Waals surface area contributed by atoms with E-state index in [1.807, 2.05) is 30.3 Å². The van der Waals surface area contributed by atoms with E-state index in [2.05, 4.69) is 9.97 Å². The number of benzene rings is 2. The third-order valence-electron chi connectivity index (χ3n) is 6.27. The van der Waals surface area contributed by atoms with Crippen LogP contribution in [-0.2, 0) is 18.3 Å². The maximum atomic E-state index is 14.0. The van der Waals surface area contributed by atoms with Crippen molar-refractivity contribution < 1.29 is 18.3 Å². The molecular formula is C27H20F2N2O2. The number of hydrogen-bond donors (Lipinski definition) is 0. The van der Waals surface area contributed by atoms with Crippen LogP contribution in [0, 0.1) is 11.9 Å². The van der Waals surface area contributed by atoms with Crippen molar-refractivity contribution in [2.45, 2.75) is 18.3 Å². The van der Waals surface area contributed by atoms with Gasteiger partial charge < -0.3 is 4.74 Å². The van der Waals surface area contributed by atoms with Crippen LogP contribution in [0.3, 0.4) is 0 Å². The molecule has 2 heterocycles. The first-order chi connectivity index (χ1) is 16.0. The van der Waals surface area contributed by atoms with Crippen LogP contribution in [0.5, 0.6) is 5.75 Å². The molecule has 2 aromatic heterocycles. The molecule has 2 aromatic carbocycles. The highest BCUT2D eigenvalue weighted by Crippen LogP contribution is 2.47. The van der Waals surface area contributed by atoms with Gasteiger partial charge in [0.15, 0.2) is 5.78 Å². The minimum absolute atomic E-state index is 0.100. The lowest BCUT2D eigenvalue weighted by Crippen LogP contribution is -2.40. The minimum Gasteiger partial charge on any atom is -0.497 e. The number of ketones is 1. The standard InChI is InChI=1S/C27H20F2N2O2/c1-33-19-6-7-23-21(14-19)26(32)20-4-2-3-5-22(20)27(23,15-17-8-10-30-24(28)12-17)16-18-9-11-31-25(29)13-18/h2-14H,15-16H2,1H3. The SMILES string of the molecule is COc1ccc2c(c1)C(=O)c1ccccc1C2(Cc1ccnc(F)c1)Cc1ccnc(F)c1. The molecule has 4 nitrogen and oxygen atoms in total. The fourth-order valence-corrected chi connectivity index (χ4v) is 4.89. The van der Waals surface area contributed by atoms with Gasteiger partial charge in [-0.3, -0.25) is 4.79 Å². The van der Waals surface area contributed by atoms with Gasteiger partial charge in [0.2, 0.25) is 11.9 Å². The van der Waals surface area contributed by atoms with Gasteiger partial charge >= 0.3 is 0 Å². The van der Waals surface area contributed by atoms with Crippen molar-refractivity contribution in [1.82, 2.24) is 9.97 Å². The zero-order valence-electron chi connectivity index (χ0n) is 17.9. The molecular weight excluding hydrogens is 422 g/mol. The summed E-state index contributed by atoms with van der Waals surface area (Å²) in [5.74, 6) is -0.683. The second kappa shape index (κ2) is 8.20. The maximum Gasteiger partial charge on any atom is 0.213 e. The summed E-state index contributed by atoms with van der Waals surface area (Å²) < 4.78 is 33.5. The smallest absolute Gasteiger partial charge is 0.213 e. The van der Waals surface area contributed by atoms with E-state index in [0.29, 0.717) is 29.7 Å². The molecule has 0 bridgehead atoms. The number of methoxy groups -OCH3 is 1. The van der Waals surface area contributed by atoms with Gasteiger partial charge in [0.25, 0.3) is 0 Å². The molecule has 1 aliphatic carbocycles. The van der Waals surface area contributed by atoms with Crippen LogP contribution in [0.4, 0.5) is 8.78 Å². The van der Waals surface area contributed by atoms with E-state index in [1.54, 1.807) is 31.4 Å². The zero-order chi connectivity index (χ0) is 23.0. The average Bonchev–Trinajstić information content (AvgIpc) is 2.82. The van der Waals surface area contributed by atoms with Gasteiger partial charge in [-0.05, 0) is 71.5 Å². The number of aromatic nitrogens is 2. The Morgan fingerprint density at radius 1 is 0.788 bits per heavy atom. The number of hydrogen-bond acceptors (Lipinski definition) is 4. The van der Waals surface area contributed by atoms with E-state index in [9.17, 15) is 13.6 Å². The van der Waals surface area contributed by atoms with E-state index in [-0.39, 0.29) is 5.78 Å². The van der Waals surface area contributed by atoms with E-state index in [1.165, 1.54) is 24.5 Å². The number of pyridine rings is 2. The van der Waals surface area contributed by atoms with Crippen molar-refractivity contribution in [1.29, 1.82) is 0 Å². The van der Waals surface area contributed by atoms with E-state index in [0.717, 1.165) is 22.3 Å². The number of ether oxygens (including phenoxy) is 1. The van der Waals surface area contributed by atoms with Gasteiger partial charge in [-0.1, -0.05) is 30.3 Å². The first-order valence-electron chi connectivity index (χ1n) is 10.5. The molecule has 0 unspecified atom stereocenters. The number of halogens is 2. The topological polar surface area (TPSA) is 52.1 Å². The van der Waals surface area contributed by atoms with Crippen LogP contribution in [0.1, 0.15) is 38.2 Å². The van der Waals surface area contributed by atoms with Gasteiger partial charge in [-0.25, -0.2) is 9.97 Å². The van der Waals surface area contributed by atoms with Gasteiger partial charge in [-0.15, -0.1) is 0 Å². The number of rotatable bonds is 5. The second-order valence-electron chi connectivity index (χ2n) is 8.20. The lowest BCUT2D eigenvalue weighted by molar-refractivity contribution is 0.102. The monoisotopic (exact) mass is 442 g/mol. The van der Waals surface area contributed by atoms with Crippen LogP contribution >= 0.6 is 0 Å². The largest absolute Gasteiger partial charge is 0.497 e. The summed E-state index contributed by atoms with van der Waals surface area (Å²) >= 11 is 0. The Morgan fingerprint density at radius 2 is 1.39 bits per heavy atom. The van der Waals surface area contributed by atoms with E-state index in [4.69, 9.17) is 4.74 Å². The Labute approximate surface area is 189 Å². The summed E-state index contributed by atoms with van der Waals surface area (Å²) in [4.78, 5) is 20.8. The highest BCUT2D eigenvalue weighted by Gasteiger charge is 2.44. The second-order valence-corrected chi connectivity index (χ2v) is 8.20. The van der Waals surface area contributed by atoms with Crippen molar-refractivity contribution in [3.8, 4) is 5.75 Å². The first-order valence-corrected chi connectivity index (χ1v) is 10.5. The number of carbonyl (C=O) groups excluding carboxylic acids is 1. The number of nitrogens with zero attached hydrogens (tertiary/aromatic N) is 2. The molecule has 0 N–H and O–H groups in total. The van der Waals surface area contributed by atoms with Crippen LogP contribution in [0.2, 0.25) is 0 Å². The molecule has 1 aliphatic rings. The molecule has 0 spiro atoms. The van der Waals surface area contributed by atoms with Crippen LogP contribution in [0.15, 0.2) is 79.1 Å². The summed E-state index contributed by atoms with van der Waals surface area (Å²) in [7, 11) is 1.55. The Bertz CT molecular complexity index is 1320. The third kappa shape index (κ3) is 3.67. The Hall–Kier alpha value is -3.93. The van der Waals surface area contributed by atoms with Crippen molar-refractivity contribution in [3.63, 3.8) is 0 Å².